The van der Waals surface area contributed by atoms with E-state index in [2.05, 4.69) is 42.6 Å². The van der Waals surface area contributed by atoms with Gasteiger partial charge in [0.15, 0.2) is 0 Å². The Kier molecular flexibility index (Phi) is 4.94. The molecule has 1 aromatic heterocycles. The van der Waals surface area contributed by atoms with Gasteiger partial charge in [-0.05, 0) is 61.6 Å². The minimum absolute atomic E-state index is 0.0436. The van der Waals surface area contributed by atoms with E-state index in [4.69, 9.17) is 0 Å². The van der Waals surface area contributed by atoms with Crippen LogP contribution in [0, 0.1) is 12.8 Å². The van der Waals surface area contributed by atoms with E-state index >= 15 is 0 Å². The fourth-order valence-electron chi connectivity index (χ4n) is 4.59. The lowest BCUT2D eigenvalue weighted by molar-refractivity contribution is -0.146. The van der Waals surface area contributed by atoms with Crippen molar-refractivity contribution in [2.45, 2.75) is 57.5 Å². The van der Waals surface area contributed by atoms with Crippen LogP contribution in [0.2, 0.25) is 0 Å². The van der Waals surface area contributed by atoms with Crippen LogP contribution >= 0.6 is 11.3 Å². The van der Waals surface area contributed by atoms with Gasteiger partial charge in [-0.15, -0.1) is 11.3 Å². The first-order valence-corrected chi connectivity index (χ1v) is 11.7. The molecule has 2 saturated carbocycles. The summed E-state index contributed by atoms with van der Waals surface area (Å²) in [5.41, 5.74) is 3.63. The Hall–Kier alpha value is -2.14. The van der Waals surface area contributed by atoms with Crippen LogP contribution in [0.3, 0.4) is 0 Å². The van der Waals surface area contributed by atoms with Crippen molar-refractivity contribution in [3.63, 3.8) is 0 Å². The average molecular weight is 409 g/mol. The number of fused-ring (bicyclic) bond motifs is 1. The number of aryl methyl sites for hydroxylation is 1. The third kappa shape index (κ3) is 3.61. The molecule has 2 fully saturated rings. The third-order valence-electron chi connectivity index (χ3n) is 6.71. The molecule has 1 atom stereocenters. The Balaban J connectivity index is 1.41. The van der Waals surface area contributed by atoms with Crippen molar-refractivity contribution in [1.82, 2.24) is 9.80 Å². The quantitative estimate of drug-likeness (QED) is 0.739. The van der Waals surface area contributed by atoms with Crippen molar-refractivity contribution in [2.24, 2.45) is 5.92 Å². The second kappa shape index (κ2) is 7.60. The Labute approximate surface area is 176 Å². The number of carbonyl (C=O) groups is 2. The van der Waals surface area contributed by atoms with Gasteiger partial charge in [0.1, 0.15) is 6.54 Å². The number of hydrogen-bond acceptors (Lipinski definition) is 3. The Morgan fingerprint density at radius 1 is 1.10 bits per heavy atom. The fraction of sp³-hybridized carbons (Fsp3) is 0.500. The number of nitrogens with zero attached hydrogens (tertiary/aromatic N) is 2. The number of amides is 2. The van der Waals surface area contributed by atoms with E-state index < -0.39 is 0 Å². The van der Waals surface area contributed by atoms with Crippen molar-refractivity contribution < 1.29 is 9.59 Å². The van der Waals surface area contributed by atoms with Crippen LogP contribution in [-0.4, -0.2) is 40.7 Å². The largest absolute Gasteiger partial charge is 0.330 e. The zero-order valence-electron chi connectivity index (χ0n) is 17.0. The predicted octanol–water partition coefficient (Wildman–Crippen LogP) is 4.32. The van der Waals surface area contributed by atoms with Crippen LogP contribution in [0.25, 0.3) is 0 Å². The molecular weight excluding hydrogens is 380 g/mol. The van der Waals surface area contributed by atoms with E-state index in [1.165, 1.54) is 16.0 Å². The summed E-state index contributed by atoms with van der Waals surface area (Å²) >= 11 is 1.79. The SMILES string of the molecule is Cc1ccc([C@H]2c3ccsc3CCN2C(=O)CN(C(=O)C2CCC2)C2CC2)cc1. The first kappa shape index (κ1) is 18.9. The maximum atomic E-state index is 13.5. The summed E-state index contributed by atoms with van der Waals surface area (Å²) in [5, 5.41) is 2.14. The van der Waals surface area contributed by atoms with E-state index in [1.54, 1.807) is 11.3 Å². The van der Waals surface area contributed by atoms with Gasteiger partial charge in [0.2, 0.25) is 11.8 Å². The summed E-state index contributed by atoms with van der Waals surface area (Å²) in [5.74, 6) is 0.459. The lowest BCUT2D eigenvalue weighted by atomic mass is 9.84. The highest BCUT2D eigenvalue weighted by Gasteiger charge is 2.41. The van der Waals surface area contributed by atoms with Crippen LogP contribution in [0.1, 0.15) is 59.7 Å². The summed E-state index contributed by atoms with van der Waals surface area (Å²) < 4.78 is 0. The molecule has 0 unspecified atom stereocenters. The standard InChI is InChI=1S/C24H28N2O2S/c1-16-5-7-17(8-6-16)23-20-12-14-29-21(20)11-13-25(23)22(27)15-26(19-9-10-19)24(28)18-3-2-4-18/h5-8,12,14,18-19,23H,2-4,9-11,13,15H2,1H3/t23-/m0/s1. The van der Waals surface area contributed by atoms with Gasteiger partial charge < -0.3 is 9.80 Å². The van der Waals surface area contributed by atoms with Crippen LogP contribution < -0.4 is 0 Å². The zero-order chi connectivity index (χ0) is 20.0. The van der Waals surface area contributed by atoms with Gasteiger partial charge in [-0.2, -0.15) is 0 Å². The highest BCUT2D eigenvalue weighted by atomic mass is 32.1. The molecule has 0 N–H and O–H groups in total. The van der Waals surface area contributed by atoms with Gasteiger partial charge in [0.05, 0.1) is 6.04 Å². The monoisotopic (exact) mass is 408 g/mol. The minimum atomic E-state index is -0.0436. The number of rotatable bonds is 5. The van der Waals surface area contributed by atoms with Crippen molar-refractivity contribution in [1.29, 1.82) is 0 Å². The molecular formula is C24H28N2O2S. The molecule has 0 bridgehead atoms. The lowest BCUT2D eigenvalue weighted by Crippen LogP contribution is -2.49. The molecule has 152 valence electrons. The molecule has 5 heteroatoms. The molecule has 4 nitrogen and oxygen atoms in total. The van der Waals surface area contributed by atoms with Crippen molar-refractivity contribution in [3.05, 3.63) is 57.3 Å². The van der Waals surface area contributed by atoms with E-state index in [0.717, 1.165) is 50.6 Å². The molecule has 2 heterocycles. The molecule has 1 aliphatic heterocycles. The summed E-state index contributed by atoms with van der Waals surface area (Å²) in [6.07, 6.45) is 6.12. The van der Waals surface area contributed by atoms with E-state index in [1.807, 2.05) is 9.80 Å². The van der Waals surface area contributed by atoms with Crippen LogP contribution in [0.15, 0.2) is 35.7 Å². The topological polar surface area (TPSA) is 40.6 Å². The maximum absolute atomic E-state index is 13.5. The van der Waals surface area contributed by atoms with Gasteiger partial charge in [-0.25, -0.2) is 0 Å². The molecule has 5 rings (SSSR count). The Bertz CT molecular complexity index is 911. The maximum Gasteiger partial charge on any atom is 0.243 e. The summed E-state index contributed by atoms with van der Waals surface area (Å²) in [6.45, 7) is 3.05. The zero-order valence-corrected chi connectivity index (χ0v) is 17.8. The minimum Gasteiger partial charge on any atom is -0.330 e. The normalized spacial score (nSPS) is 21.4. The first-order valence-electron chi connectivity index (χ1n) is 10.8. The van der Waals surface area contributed by atoms with Crippen LogP contribution in [0.4, 0.5) is 0 Å². The predicted molar refractivity (Wildman–Crippen MR) is 115 cm³/mol. The molecule has 29 heavy (non-hydrogen) atoms. The van der Waals surface area contributed by atoms with Crippen LogP contribution in [-0.2, 0) is 16.0 Å². The highest BCUT2D eigenvalue weighted by molar-refractivity contribution is 7.10. The van der Waals surface area contributed by atoms with Gasteiger partial charge in [0, 0.05) is 23.4 Å². The van der Waals surface area contributed by atoms with Gasteiger partial charge in [0.25, 0.3) is 0 Å². The van der Waals surface area contributed by atoms with Crippen molar-refractivity contribution in [2.75, 3.05) is 13.1 Å². The van der Waals surface area contributed by atoms with Crippen molar-refractivity contribution in [3.8, 4) is 0 Å². The molecule has 2 aromatic rings. The number of thiophene rings is 1. The number of benzene rings is 1. The molecule has 1 aromatic carbocycles. The molecule has 2 aliphatic carbocycles. The Morgan fingerprint density at radius 3 is 2.52 bits per heavy atom. The van der Waals surface area contributed by atoms with E-state index in [9.17, 15) is 9.59 Å². The van der Waals surface area contributed by atoms with E-state index in [0.29, 0.717) is 0 Å². The average Bonchev–Trinajstić information content (AvgIpc) is 3.40. The highest BCUT2D eigenvalue weighted by Crippen LogP contribution is 2.39. The summed E-state index contributed by atoms with van der Waals surface area (Å²) in [7, 11) is 0. The third-order valence-corrected chi connectivity index (χ3v) is 7.71. The van der Waals surface area contributed by atoms with Gasteiger partial charge in [-0.3, -0.25) is 9.59 Å². The summed E-state index contributed by atoms with van der Waals surface area (Å²) in [6, 6.07) is 10.9. The van der Waals surface area contributed by atoms with Crippen molar-refractivity contribution >= 4 is 23.2 Å². The second-order valence-electron chi connectivity index (χ2n) is 8.77. The molecule has 0 spiro atoms. The van der Waals surface area contributed by atoms with Crippen LogP contribution in [0.5, 0.6) is 0 Å². The van der Waals surface area contributed by atoms with E-state index in [-0.39, 0.29) is 36.4 Å². The molecule has 2 amide bonds. The molecule has 0 saturated heterocycles. The second-order valence-corrected chi connectivity index (χ2v) is 9.78. The summed E-state index contributed by atoms with van der Waals surface area (Å²) in [4.78, 5) is 31.7. The first-order chi connectivity index (χ1) is 14.1. The number of carbonyl (C=O) groups excluding carboxylic acids is 2. The molecule has 0 radical (unpaired) electrons. The molecule has 3 aliphatic rings. The van der Waals surface area contributed by atoms with Gasteiger partial charge in [-0.1, -0.05) is 36.2 Å². The number of hydrogen-bond donors (Lipinski definition) is 0. The van der Waals surface area contributed by atoms with Gasteiger partial charge >= 0.3 is 0 Å². The smallest absolute Gasteiger partial charge is 0.243 e. The lowest BCUT2D eigenvalue weighted by Gasteiger charge is -2.38. The fourth-order valence-corrected chi connectivity index (χ4v) is 5.50. The Morgan fingerprint density at radius 2 is 1.86 bits per heavy atom.